The maximum atomic E-state index is 9.53. The lowest BCUT2D eigenvalue weighted by molar-refractivity contribution is -0.0560. The van der Waals surface area contributed by atoms with E-state index in [0.29, 0.717) is 6.61 Å². The standard InChI is InChI=1S/C11H16O4/c1-2-15-11(10(14)7-12)8-3-5-9(13)6-4-8/h3-6,10-14H,2,7H2,1H3/t10-,11+/m0/s1. The molecule has 0 bridgehead atoms. The van der Waals surface area contributed by atoms with Gasteiger partial charge in [-0.05, 0) is 24.6 Å². The summed E-state index contributed by atoms with van der Waals surface area (Å²) in [6, 6.07) is 6.36. The van der Waals surface area contributed by atoms with E-state index in [-0.39, 0.29) is 12.4 Å². The van der Waals surface area contributed by atoms with Crippen molar-refractivity contribution >= 4 is 0 Å². The Balaban J connectivity index is 2.83. The van der Waals surface area contributed by atoms with E-state index in [1.165, 1.54) is 12.1 Å². The highest BCUT2D eigenvalue weighted by molar-refractivity contribution is 5.27. The second kappa shape index (κ2) is 5.70. The van der Waals surface area contributed by atoms with Gasteiger partial charge in [0.25, 0.3) is 0 Å². The Hall–Kier alpha value is -1.10. The zero-order valence-corrected chi connectivity index (χ0v) is 8.63. The zero-order valence-electron chi connectivity index (χ0n) is 8.63. The number of aliphatic hydroxyl groups is 2. The smallest absolute Gasteiger partial charge is 0.115 e. The van der Waals surface area contributed by atoms with Crippen molar-refractivity contribution in [3.63, 3.8) is 0 Å². The Morgan fingerprint density at radius 3 is 2.33 bits per heavy atom. The lowest BCUT2D eigenvalue weighted by atomic mass is 10.0. The number of benzene rings is 1. The average molecular weight is 212 g/mol. The minimum absolute atomic E-state index is 0.160. The molecular weight excluding hydrogens is 196 g/mol. The summed E-state index contributed by atoms with van der Waals surface area (Å²) >= 11 is 0. The first-order chi connectivity index (χ1) is 7.19. The molecule has 2 atom stereocenters. The predicted octanol–water partition coefficient (Wildman–Crippen LogP) is 0.823. The first kappa shape index (κ1) is 12.0. The maximum Gasteiger partial charge on any atom is 0.115 e. The van der Waals surface area contributed by atoms with Crippen molar-refractivity contribution in [1.82, 2.24) is 0 Å². The molecule has 4 nitrogen and oxygen atoms in total. The molecule has 1 aromatic rings. The van der Waals surface area contributed by atoms with Crippen LogP contribution in [-0.4, -0.2) is 34.6 Å². The van der Waals surface area contributed by atoms with Crippen LogP contribution in [0.5, 0.6) is 5.75 Å². The summed E-state index contributed by atoms with van der Waals surface area (Å²) in [5.74, 6) is 0.160. The summed E-state index contributed by atoms with van der Waals surface area (Å²) in [5.41, 5.74) is 0.733. The van der Waals surface area contributed by atoms with Crippen LogP contribution in [0.4, 0.5) is 0 Å². The Labute approximate surface area is 88.8 Å². The van der Waals surface area contributed by atoms with Crippen molar-refractivity contribution in [2.45, 2.75) is 19.1 Å². The molecule has 15 heavy (non-hydrogen) atoms. The quantitative estimate of drug-likeness (QED) is 0.676. The minimum Gasteiger partial charge on any atom is -0.508 e. The fraction of sp³-hybridized carbons (Fsp3) is 0.455. The van der Waals surface area contributed by atoms with Gasteiger partial charge in [0.1, 0.15) is 18.0 Å². The molecular formula is C11H16O4. The molecule has 0 spiro atoms. The Kier molecular flexibility index (Phi) is 4.55. The number of phenols is 1. The topological polar surface area (TPSA) is 69.9 Å². The van der Waals surface area contributed by atoms with Crippen molar-refractivity contribution in [1.29, 1.82) is 0 Å². The number of aromatic hydroxyl groups is 1. The largest absolute Gasteiger partial charge is 0.508 e. The van der Waals surface area contributed by atoms with E-state index >= 15 is 0 Å². The fourth-order valence-electron chi connectivity index (χ4n) is 1.37. The van der Waals surface area contributed by atoms with Gasteiger partial charge >= 0.3 is 0 Å². The average Bonchev–Trinajstić information content (AvgIpc) is 2.26. The van der Waals surface area contributed by atoms with Gasteiger partial charge in [0.2, 0.25) is 0 Å². The van der Waals surface area contributed by atoms with Crippen LogP contribution >= 0.6 is 0 Å². The van der Waals surface area contributed by atoms with Gasteiger partial charge in [-0.1, -0.05) is 12.1 Å². The normalized spacial score (nSPS) is 14.9. The first-order valence-electron chi connectivity index (χ1n) is 4.88. The van der Waals surface area contributed by atoms with Crippen LogP contribution in [0.25, 0.3) is 0 Å². The summed E-state index contributed by atoms with van der Waals surface area (Å²) < 4.78 is 5.33. The molecule has 0 amide bonds. The molecule has 0 aromatic heterocycles. The van der Waals surface area contributed by atoms with E-state index in [1.54, 1.807) is 12.1 Å². The molecule has 0 aliphatic heterocycles. The third-order valence-corrected chi connectivity index (χ3v) is 2.10. The molecule has 3 N–H and O–H groups in total. The van der Waals surface area contributed by atoms with Crippen LogP contribution in [-0.2, 0) is 4.74 Å². The highest BCUT2D eigenvalue weighted by atomic mass is 16.5. The van der Waals surface area contributed by atoms with Crippen molar-refractivity contribution in [2.75, 3.05) is 13.2 Å². The number of phenolic OH excluding ortho intramolecular Hbond substituents is 1. The second-order valence-electron chi connectivity index (χ2n) is 3.22. The molecule has 0 aliphatic rings. The van der Waals surface area contributed by atoms with Gasteiger partial charge in [-0.15, -0.1) is 0 Å². The van der Waals surface area contributed by atoms with Crippen molar-refractivity contribution in [3.8, 4) is 5.75 Å². The Morgan fingerprint density at radius 2 is 1.87 bits per heavy atom. The Bertz CT molecular complexity index is 283. The van der Waals surface area contributed by atoms with E-state index in [2.05, 4.69) is 0 Å². The molecule has 0 radical (unpaired) electrons. The van der Waals surface area contributed by atoms with Crippen molar-refractivity contribution in [2.24, 2.45) is 0 Å². The van der Waals surface area contributed by atoms with E-state index in [1.807, 2.05) is 6.92 Å². The summed E-state index contributed by atoms with van der Waals surface area (Å²) in [7, 11) is 0. The number of rotatable bonds is 5. The molecule has 0 heterocycles. The number of aliphatic hydroxyl groups excluding tert-OH is 2. The third kappa shape index (κ3) is 3.20. The monoisotopic (exact) mass is 212 g/mol. The molecule has 0 aliphatic carbocycles. The molecule has 0 saturated carbocycles. The zero-order chi connectivity index (χ0) is 11.3. The summed E-state index contributed by atoms with van der Waals surface area (Å²) in [6.45, 7) is 1.91. The van der Waals surface area contributed by atoms with Crippen LogP contribution in [0.3, 0.4) is 0 Å². The number of hydrogen-bond acceptors (Lipinski definition) is 4. The van der Waals surface area contributed by atoms with Gasteiger partial charge in [0.15, 0.2) is 0 Å². The van der Waals surface area contributed by atoms with Crippen molar-refractivity contribution in [3.05, 3.63) is 29.8 Å². The lowest BCUT2D eigenvalue weighted by Gasteiger charge is -2.21. The number of hydrogen-bond donors (Lipinski definition) is 3. The summed E-state index contributed by atoms with van der Waals surface area (Å²) in [5, 5.41) is 27.5. The van der Waals surface area contributed by atoms with Gasteiger partial charge < -0.3 is 20.1 Å². The van der Waals surface area contributed by atoms with E-state index in [0.717, 1.165) is 5.56 Å². The maximum absolute atomic E-state index is 9.53. The minimum atomic E-state index is -0.950. The predicted molar refractivity (Wildman–Crippen MR) is 55.6 cm³/mol. The lowest BCUT2D eigenvalue weighted by Crippen LogP contribution is -2.24. The van der Waals surface area contributed by atoms with Gasteiger partial charge in [-0.25, -0.2) is 0 Å². The van der Waals surface area contributed by atoms with Crippen molar-refractivity contribution < 1.29 is 20.1 Å². The highest BCUT2D eigenvalue weighted by Crippen LogP contribution is 2.23. The molecule has 1 rings (SSSR count). The molecule has 4 heteroatoms. The number of ether oxygens (including phenoxy) is 1. The molecule has 0 saturated heterocycles. The van der Waals surface area contributed by atoms with Gasteiger partial charge in [0.05, 0.1) is 6.61 Å². The molecule has 0 fully saturated rings. The summed E-state index contributed by atoms with van der Waals surface area (Å²) in [6.07, 6.45) is -1.50. The second-order valence-corrected chi connectivity index (χ2v) is 3.22. The van der Waals surface area contributed by atoms with Gasteiger partial charge in [0, 0.05) is 6.61 Å². The molecule has 84 valence electrons. The summed E-state index contributed by atoms with van der Waals surface area (Å²) in [4.78, 5) is 0. The van der Waals surface area contributed by atoms with Crippen LogP contribution in [0.2, 0.25) is 0 Å². The Morgan fingerprint density at radius 1 is 1.27 bits per heavy atom. The van der Waals surface area contributed by atoms with Crippen LogP contribution in [0.15, 0.2) is 24.3 Å². The van der Waals surface area contributed by atoms with E-state index in [9.17, 15) is 5.11 Å². The van der Waals surface area contributed by atoms with Gasteiger partial charge in [-0.3, -0.25) is 0 Å². The van der Waals surface area contributed by atoms with Crippen LogP contribution in [0.1, 0.15) is 18.6 Å². The van der Waals surface area contributed by atoms with Crippen LogP contribution in [0, 0.1) is 0 Å². The molecule has 1 aromatic carbocycles. The first-order valence-corrected chi connectivity index (χ1v) is 4.88. The van der Waals surface area contributed by atoms with E-state index < -0.39 is 12.2 Å². The van der Waals surface area contributed by atoms with Crippen LogP contribution < -0.4 is 0 Å². The SMILES string of the molecule is CCO[C@H](c1ccc(O)cc1)[C@@H](O)CO. The fourth-order valence-corrected chi connectivity index (χ4v) is 1.37. The van der Waals surface area contributed by atoms with Gasteiger partial charge in [-0.2, -0.15) is 0 Å². The van der Waals surface area contributed by atoms with E-state index in [4.69, 9.17) is 14.9 Å². The highest BCUT2D eigenvalue weighted by Gasteiger charge is 2.20. The molecule has 0 unspecified atom stereocenters. The third-order valence-electron chi connectivity index (χ3n) is 2.10.